The van der Waals surface area contributed by atoms with Gasteiger partial charge in [0.1, 0.15) is 19.0 Å². The first-order valence-corrected chi connectivity index (χ1v) is 8.80. The van der Waals surface area contributed by atoms with Gasteiger partial charge >= 0.3 is 0 Å². The predicted octanol–water partition coefficient (Wildman–Crippen LogP) is 3.66. The lowest BCUT2D eigenvalue weighted by Crippen LogP contribution is -2.47. The summed E-state index contributed by atoms with van der Waals surface area (Å²) in [6.45, 7) is 7.67. The molecule has 0 bridgehead atoms. The number of carbonyl (C=O) groups excluding carboxylic acids is 1. The van der Waals surface area contributed by atoms with E-state index in [0.29, 0.717) is 37.0 Å². The third-order valence-electron chi connectivity index (χ3n) is 4.17. The minimum Gasteiger partial charge on any atom is -0.486 e. The average Bonchev–Trinajstić information content (AvgIpc) is 2.64. The van der Waals surface area contributed by atoms with E-state index in [4.69, 9.17) is 14.2 Å². The summed E-state index contributed by atoms with van der Waals surface area (Å²) in [6.07, 6.45) is 0. The lowest BCUT2D eigenvalue weighted by molar-refractivity contribution is -0.139. The number of rotatable bonds is 5. The van der Waals surface area contributed by atoms with Gasteiger partial charge in [0.2, 0.25) is 0 Å². The number of carbonyl (C=O) groups is 1. The molecule has 0 aromatic heterocycles. The molecule has 0 fully saturated rings. The van der Waals surface area contributed by atoms with Crippen molar-refractivity contribution in [2.75, 3.05) is 19.8 Å². The van der Waals surface area contributed by atoms with Gasteiger partial charge in [0.25, 0.3) is 5.91 Å². The summed E-state index contributed by atoms with van der Waals surface area (Å²) in [4.78, 5) is 14.6. The molecule has 1 heterocycles. The van der Waals surface area contributed by atoms with Crippen molar-refractivity contribution in [1.29, 1.82) is 0 Å². The van der Waals surface area contributed by atoms with E-state index in [1.165, 1.54) is 0 Å². The lowest BCUT2D eigenvalue weighted by Gasteiger charge is -2.35. The Morgan fingerprint density at radius 3 is 2.42 bits per heavy atom. The number of hydrogen-bond donors (Lipinski definition) is 0. The van der Waals surface area contributed by atoms with Gasteiger partial charge in [-0.3, -0.25) is 4.79 Å². The number of amides is 1. The molecule has 1 amide bonds. The van der Waals surface area contributed by atoms with Crippen LogP contribution < -0.4 is 14.2 Å². The number of hydrogen-bond acceptors (Lipinski definition) is 4. The predicted molar refractivity (Wildman–Crippen MR) is 99.7 cm³/mol. The fraction of sp³-hybridized carbons (Fsp3) is 0.381. The van der Waals surface area contributed by atoms with Gasteiger partial charge in [-0.15, -0.1) is 0 Å². The molecular weight excluding hydrogens is 330 g/mol. The summed E-state index contributed by atoms with van der Waals surface area (Å²) in [7, 11) is 0. The first-order valence-electron chi connectivity index (χ1n) is 8.80. The maximum absolute atomic E-state index is 12.8. The van der Waals surface area contributed by atoms with E-state index in [9.17, 15) is 4.79 Å². The molecule has 5 heteroatoms. The topological polar surface area (TPSA) is 48.0 Å². The van der Waals surface area contributed by atoms with Gasteiger partial charge in [-0.2, -0.15) is 0 Å². The molecule has 26 heavy (non-hydrogen) atoms. The van der Waals surface area contributed by atoms with Crippen molar-refractivity contribution < 1.29 is 19.0 Å². The van der Waals surface area contributed by atoms with Crippen LogP contribution in [-0.2, 0) is 11.3 Å². The monoisotopic (exact) mass is 355 g/mol. The average molecular weight is 355 g/mol. The van der Waals surface area contributed by atoms with Gasteiger partial charge in [-0.05, 0) is 38.5 Å². The molecule has 0 unspecified atom stereocenters. The van der Waals surface area contributed by atoms with Gasteiger partial charge in [0.15, 0.2) is 18.1 Å². The molecule has 5 nitrogen and oxygen atoms in total. The number of benzene rings is 2. The fourth-order valence-electron chi connectivity index (χ4n) is 2.80. The first kappa shape index (κ1) is 18.1. The Labute approximate surface area is 154 Å². The van der Waals surface area contributed by atoms with E-state index in [-0.39, 0.29) is 18.1 Å². The number of fused-ring (bicyclic) bond motifs is 1. The Balaban J connectivity index is 1.66. The van der Waals surface area contributed by atoms with Gasteiger partial charge in [-0.25, -0.2) is 0 Å². The van der Waals surface area contributed by atoms with Crippen molar-refractivity contribution >= 4 is 5.91 Å². The van der Waals surface area contributed by atoms with Crippen molar-refractivity contribution in [3.63, 3.8) is 0 Å². The first-order chi connectivity index (χ1) is 12.4. The van der Waals surface area contributed by atoms with Crippen LogP contribution in [0.3, 0.4) is 0 Å². The summed E-state index contributed by atoms with van der Waals surface area (Å²) in [5.41, 5.74) is 0.790. The molecule has 2 aromatic rings. The highest BCUT2D eigenvalue weighted by atomic mass is 16.6. The molecule has 138 valence electrons. The van der Waals surface area contributed by atoms with Crippen LogP contribution in [-0.4, -0.2) is 36.2 Å². The summed E-state index contributed by atoms with van der Waals surface area (Å²) >= 11 is 0. The fourth-order valence-corrected chi connectivity index (χ4v) is 2.80. The van der Waals surface area contributed by atoms with Crippen LogP contribution in [0, 0.1) is 0 Å². The van der Waals surface area contributed by atoms with Crippen LogP contribution in [0.5, 0.6) is 17.2 Å². The second-order valence-corrected chi connectivity index (χ2v) is 7.23. The molecule has 0 atom stereocenters. The summed E-state index contributed by atoms with van der Waals surface area (Å²) in [6, 6.07) is 15.3. The third-order valence-corrected chi connectivity index (χ3v) is 4.17. The Bertz CT molecular complexity index is 752. The minimum atomic E-state index is -0.302. The smallest absolute Gasteiger partial charge is 0.261 e. The zero-order chi connectivity index (χ0) is 18.6. The Kier molecular flexibility index (Phi) is 5.35. The minimum absolute atomic E-state index is 0.0241. The van der Waals surface area contributed by atoms with E-state index in [1.807, 2.05) is 56.0 Å². The molecule has 1 aliphatic heterocycles. The Morgan fingerprint density at radius 2 is 1.73 bits per heavy atom. The van der Waals surface area contributed by atoms with Crippen LogP contribution in [0.25, 0.3) is 0 Å². The van der Waals surface area contributed by atoms with Crippen LogP contribution in [0.4, 0.5) is 0 Å². The van der Waals surface area contributed by atoms with Crippen LogP contribution in [0.1, 0.15) is 26.3 Å². The maximum atomic E-state index is 12.8. The molecule has 0 aliphatic carbocycles. The highest BCUT2D eigenvalue weighted by molar-refractivity contribution is 5.78. The summed E-state index contributed by atoms with van der Waals surface area (Å²) in [5, 5.41) is 0. The third kappa shape index (κ3) is 4.48. The highest BCUT2D eigenvalue weighted by Crippen LogP contribution is 2.33. The van der Waals surface area contributed by atoms with Gasteiger partial charge in [0, 0.05) is 18.2 Å². The summed E-state index contributed by atoms with van der Waals surface area (Å²) in [5.74, 6) is 1.89. The Morgan fingerprint density at radius 1 is 1.04 bits per heavy atom. The normalized spacial score (nSPS) is 13.2. The van der Waals surface area contributed by atoms with Crippen molar-refractivity contribution in [3.05, 3.63) is 54.1 Å². The molecule has 3 rings (SSSR count). The van der Waals surface area contributed by atoms with Crippen molar-refractivity contribution in [2.24, 2.45) is 0 Å². The molecule has 0 spiro atoms. The van der Waals surface area contributed by atoms with E-state index >= 15 is 0 Å². The van der Waals surface area contributed by atoms with E-state index in [0.717, 1.165) is 5.56 Å². The van der Waals surface area contributed by atoms with Gasteiger partial charge in [0.05, 0.1) is 0 Å². The van der Waals surface area contributed by atoms with E-state index < -0.39 is 0 Å². The lowest BCUT2D eigenvalue weighted by atomic mass is 10.0. The zero-order valence-electron chi connectivity index (χ0n) is 15.5. The van der Waals surface area contributed by atoms with Crippen molar-refractivity contribution in [3.8, 4) is 17.2 Å². The maximum Gasteiger partial charge on any atom is 0.261 e. The SMILES string of the molecule is CC(C)(C)N(Cc1ccccc1)C(=O)COc1ccc2c(c1)OCCO2. The van der Waals surface area contributed by atoms with Crippen LogP contribution in [0.2, 0.25) is 0 Å². The summed E-state index contributed by atoms with van der Waals surface area (Å²) < 4.78 is 16.8. The second-order valence-electron chi connectivity index (χ2n) is 7.23. The van der Waals surface area contributed by atoms with Crippen LogP contribution in [0.15, 0.2) is 48.5 Å². The molecular formula is C21H25NO4. The molecule has 0 N–H and O–H groups in total. The number of ether oxygens (including phenoxy) is 3. The molecule has 0 saturated carbocycles. The Hall–Kier alpha value is -2.69. The molecule has 0 saturated heterocycles. The zero-order valence-corrected chi connectivity index (χ0v) is 15.5. The number of nitrogens with zero attached hydrogens (tertiary/aromatic N) is 1. The van der Waals surface area contributed by atoms with Crippen molar-refractivity contribution in [1.82, 2.24) is 4.90 Å². The second kappa shape index (κ2) is 7.68. The highest BCUT2D eigenvalue weighted by Gasteiger charge is 2.27. The molecule has 1 aliphatic rings. The van der Waals surface area contributed by atoms with Gasteiger partial charge < -0.3 is 19.1 Å². The van der Waals surface area contributed by atoms with E-state index in [1.54, 1.807) is 18.2 Å². The standard InChI is InChI=1S/C21H25NO4/c1-21(2,3)22(14-16-7-5-4-6-8-16)20(23)15-26-17-9-10-18-19(13-17)25-12-11-24-18/h4-10,13H,11-12,14-15H2,1-3H3. The van der Waals surface area contributed by atoms with Crippen molar-refractivity contribution in [2.45, 2.75) is 32.9 Å². The quantitative estimate of drug-likeness (QED) is 0.821. The largest absolute Gasteiger partial charge is 0.486 e. The molecule has 0 radical (unpaired) electrons. The molecule has 2 aromatic carbocycles. The van der Waals surface area contributed by atoms with Gasteiger partial charge in [-0.1, -0.05) is 30.3 Å². The van der Waals surface area contributed by atoms with Crippen LogP contribution >= 0.6 is 0 Å². The van der Waals surface area contributed by atoms with E-state index in [2.05, 4.69) is 0 Å².